The maximum atomic E-state index is 11.9. The summed E-state index contributed by atoms with van der Waals surface area (Å²) >= 11 is 0. The first-order valence-electron chi connectivity index (χ1n) is 5.91. The van der Waals surface area contributed by atoms with E-state index in [0.29, 0.717) is 6.61 Å². The van der Waals surface area contributed by atoms with E-state index in [4.69, 9.17) is 9.47 Å². The molecule has 0 aromatic rings. The van der Waals surface area contributed by atoms with Crippen LogP contribution in [0.15, 0.2) is 0 Å². The zero-order valence-electron chi connectivity index (χ0n) is 9.94. The minimum absolute atomic E-state index is 0.0159. The first kappa shape index (κ1) is 11.7. The normalized spacial score (nSPS) is 34.0. The molecule has 2 amide bonds. The van der Waals surface area contributed by atoms with Gasteiger partial charge in [0.25, 0.3) is 0 Å². The van der Waals surface area contributed by atoms with E-state index in [1.54, 1.807) is 4.90 Å². The molecule has 0 aliphatic carbocycles. The Bertz CT molecular complexity index is 254. The Hall–Kier alpha value is -0.810. The smallest absolute Gasteiger partial charge is 0.317 e. The fraction of sp³-hybridized carbons (Fsp3) is 0.909. The first-order chi connectivity index (χ1) is 7.68. The number of carbonyl (C=O) groups is 1. The van der Waals surface area contributed by atoms with Crippen LogP contribution in [0.5, 0.6) is 0 Å². The lowest BCUT2D eigenvalue weighted by atomic mass is 10.1. The number of amides is 2. The second-order valence-electron chi connectivity index (χ2n) is 4.55. The Kier molecular flexibility index (Phi) is 3.66. The summed E-state index contributed by atoms with van der Waals surface area (Å²) in [5.74, 6) is 0. The molecule has 2 saturated heterocycles. The number of nitrogens with one attached hydrogen (secondary N) is 1. The van der Waals surface area contributed by atoms with Crippen molar-refractivity contribution in [2.75, 3.05) is 26.9 Å². The molecule has 0 radical (unpaired) electrons. The second-order valence-corrected chi connectivity index (χ2v) is 4.55. The quantitative estimate of drug-likeness (QED) is 0.752. The topological polar surface area (TPSA) is 50.8 Å². The summed E-state index contributed by atoms with van der Waals surface area (Å²) in [5, 5.41) is 2.98. The molecule has 0 spiro atoms. The first-order valence-corrected chi connectivity index (χ1v) is 5.91. The number of likely N-dealkylation sites (N-methyl/N-ethyl adjacent to an activating group) is 1. The van der Waals surface area contributed by atoms with Crippen molar-refractivity contribution in [3.05, 3.63) is 0 Å². The molecular weight excluding hydrogens is 208 g/mol. The molecule has 2 aliphatic heterocycles. The molecule has 0 saturated carbocycles. The molecule has 2 rings (SSSR count). The number of hydrogen-bond acceptors (Lipinski definition) is 3. The largest absolute Gasteiger partial charge is 0.379 e. The van der Waals surface area contributed by atoms with Crippen molar-refractivity contribution < 1.29 is 14.3 Å². The Labute approximate surface area is 96.1 Å². The van der Waals surface area contributed by atoms with Gasteiger partial charge in [0.2, 0.25) is 0 Å². The SMILES string of the molecule is CC1OCCC1N(C)C(=O)NC1CCOC1. The highest BCUT2D eigenvalue weighted by atomic mass is 16.5. The van der Waals surface area contributed by atoms with Gasteiger partial charge in [-0.25, -0.2) is 4.79 Å². The van der Waals surface area contributed by atoms with Gasteiger partial charge in [-0.1, -0.05) is 0 Å². The van der Waals surface area contributed by atoms with E-state index in [9.17, 15) is 4.79 Å². The molecule has 0 aromatic carbocycles. The van der Waals surface area contributed by atoms with Gasteiger partial charge in [0.15, 0.2) is 0 Å². The number of nitrogens with zero attached hydrogens (tertiary/aromatic N) is 1. The third-order valence-electron chi connectivity index (χ3n) is 3.41. The molecular formula is C11H20N2O3. The van der Waals surface area contributed by atoms with E-state index >= 15 is 0 Å². The highest BCUT2D eigenvalue weighted by Crippen LogP contribution is 2.18. The van der Waals surface area contributed by atoms with Crippen molar-refractivity contribution in [1.29, 1.82) is 0 Å². The van der Waals surface area contributed by atoms with Crippen LogP contribution < -0.4 is 5.32 Å². The van der Waals surface area contributed by atoms with Crippen LogP contribution in [-0.2, 0) is 9.47 Å². The predicted octanol–water partition coefficient (Wildman–Crippen LogP) is 0.594. The summed E-state index contributed by atoms with van der Waals surface area (Å²) in [4.78, 5) is 13.7. The van der Waals surface area contributed by atoms with Crippen LogP contribution in [0.4, 0.5) is 4.79 Å². The van der Waals surface area contributed by atoms with Gasteiger partial charge in [-0.15, -0.1) is 0 Å². The van der Waals surface area contributed by atoms with Gasteiger partial charge in [-0.2, -0.15) is 0 Å². The van der Waals surface area contributed by atoms with Crippen LogP contribution in [0.1, 0.15) is 19.8 Å². The number of ether oxygens (including phenoxy) is 2. The minimum Gasteiger partial charge on any atom is -0.379 e. The number of hydrogen-bond donors (Lipinski definition) is 1. The van der Waals surface area contributed by atoms with E-state index in [-0.39, 0.29) is 24.2 Å². The predicted molar refractivity (Wildman–Crippen MR) is 59.3 cm³/mol. The molecule has 0 bridgehead atoms. The monoisotopic (exact) mass is 228 g/mol. The Morgan fingerprint density at radius 2 is 2.19 bits per heavy atom. The van der Waals surface area contributed by atoms with Gasteiger partial charge in [0, 0.05) is 20.3 Å². The molecule has 3 atom stereocenters. The molecule has 2 fully saturated rings. The lowest BCUT2D eigenvalue weighted by Crippen LogP contribution is -2.49. The van der Waals surface area contributed by atoms with Crippen molar-refractivity contribution in [2.24, 2.45) is 0 Å². The molecule has 2 aliphatic rings. The summed E-state index contributed by atoms with van der Waals surface area (Å²) in [6, 6.07) is 0.354. The standard InChI is InChI=1S/C11H20N2O3/c1-8-10(4-6-16-8)13(2)11(14)12-9-3-5-15-7-9/h8-10H,3-7H2,1-2H3,(H,12,14). The number of carbonyl (C=O) groups excluding carboxylic acids is 1. The summed E-state index contributed by atoms with van der Waals surface area (Å²) in [5.41, 5.74) is 0. The molecule has 2 heterocycles. The maximum Gasteiger partial charge on any atom is 0.317 e. The number of urea groups is 1. The average molecular weight is 228 g/mol. The van der Waals surface area contributed by atoms with Crippen LogP contribution >= 0.6 is 0 Å². The van der Waals surface area contributed by atoms with Crippen LogP contribution in [-0.4, -0.2) is 56.0 Å². The van der Waals surface area contributed by atoms with Gasteiger partial charge in [0.1, 0.15) is 0 Å². The van der Waals surface area contributed by atoms with Crippen molar-refractivity contribution in [1.82, 2.24) is 10.2 Å². The lowest BCUT2D eigenvalue weighted by Gasteiger charge is -2.28. The third kappa shape index (κ3) is 2.47. The van der Waals surface area contributed by atoms with Gasteiger partial charge in [-0.05, 0) is 19.8 Å². The number of rotatable bonds is 2. The molecule has 3 unspecified atom stereocenters. The van der Waals surface area contributed by atoms with E-state index in [1.807, 2.05) is 14.0 Å². The van der Waals surface area contributed by atoms with Crippen LogP contribution in [0.25, 0.3) is 0 Å². The second kappa shape index (κ2) is 5.01. The average Bonchev–Trinajstić information content (AvgIpc) is 2.88. The zero-order chi connectivity index (χ0) is 11.5. The highest BCUT2D eigenvalue weighted by Gasteiger charge is 2.31. The van der Waals surface area contributed by atoms with Gasteiger partial charge in [0.05, 0.1) is 24.8 Å². The van der Waals surface area contributed by atoms with Crippen molar-refractivity contribution in [3.8, 4) is 0 Å². The Morgan fingerprint density at radius 1 is 1.38 bits per heavy atom. The molecule has 92 valence electrons. The zero-order valence-corrected chi connectivity index (χ0v) is 9.94. The summed E-state index contributed by atoms with van der Waals surface area (Å²) in [6.07, 6.45) is 1.97. The summed E-state index contributed by atoms with van der Waals surface area (Å²) in [7, 11) is 1.83. The Balaban J connectivity index is 1.83. The molecule has 0 aromatic heterocycles. The summed E-state index contributed by atoms with van der Waals surface area (Å²) < 4.78 is 10.7. The van der Waals surface area contributed by atoms with Crippen LogP contribution in [0.2, 0.25) is 0 Å². The van der Waals surface area contributed by atoms with E-state index < -0.39 is 0 Å². The van der Waals surface area contributed by atoms with E-state index in [1.165, 1.54) is 0 Å². The van der Waals surface area contributed by atoms with Gasteiger partial charge < -0.3 is 19.7 Å². The van der Waals surface area contributed by atoms with Crippen molar-refractivity contribution in [2.45, 2.75) is 38.0 Å². The molecule has 16 heavy (non-hydrogen) atoms. The Morgan fingerprint density at radius 3 is 2.75 bits per heavy atom. The summed E-state index contributed by atoms with van der Waals surface area (Å²) in [6.45, 7) is 4.14. The maximum absolute atomic E-state index is 11.9. The fourth-order valence-electron chi connectivity index (χ4n) is 2.30. The fourth-order valence-corrected chi connectivity index (χ4v) is 2.30. The van der Waals surface area contributed by atoms with Crippen LogP contribution in [0, 0.1) is 0 Å². The van der Waals surface area contributed by atoms with Gasteiger partial charge >= 0.3 is 6.03 Å². The van der Waals surface area contributed by atoms with E-state index in [0.717, 1.165) is 26.1 Å². The van der Waals surface area contributed by atoms with Gasteiger partial charge in [-0.3, -0.25) is 0 Å². The van der Waals surface area contributed by atoms with Crippen LogP contribution in [0.3, 0.4) is 0 Å². The molecule has 1 N–H and O–H groups in total. The van der Waals surface area contributed by atoms with E-state index in [2.05, 4.69) is 5.32 Å². The highest BCUT2D eigenvalue weighted by molar-refractivity contribution is 5.74. The minimum atomic E-state index is -0.0159. The lowest BCUT2D eigenvalue weighted by molar-refractivity contribution is 0.0899. The molecule has 5 nitrogen and oxygen atoms in total. The molecule has 5 heteroatoms. The third-order valence-corrected chi connectivity index (χ3v) is 3.41. The van der Waals surface area contributed by atoms with Crippen molar-refractivity contribution in [3.63, 3.8) is 0 Å². The van der Waals surface area contributed by atoms with Crippen molar-refractivity contribution >= 4 is 6.03 Å².